The van der Waals surface area contributed by atoms with Crippen molar-refractivity contribution in [2.24, 2.45) is 0 Å². The molecule has 7 nitrogen and oxygen atoms in total. The number of esters is 1. The van der Waals surface area contributed by atoms with Gasteiger partial charge in [0.1, 0.15) is 5.76 Å². The lowest BCUT2D eigenvalue weighted by atomic mass is 10.2. The Kier molecular flexibility index (Phi) is 4.22. The number of rotatable bonds is 4. The van der Waals surface area contributed by atoms with Gasteiger partial charge in [0, 0.05) is 6.07 Å². The van der Waals surface area contributed by atoms with E-state index in [1.165, 1.54) is 20.1 Å². The Labute approximate surface area is 97.7 Å². The van der Waals surface area contributed by atoms with Crippen LogP contribution in [0.3, 0.4) is 0 Å². The lowest BCUT2D eigenvalue weighted by molar-refractivity contribution is -0.145. The molecule has 0 aliphatic heterocycles. The highest BCUT2D eigenvalue weighted by Gasteiger charge is 2.27. The third kappa shape index (κ3) is 3.28. The van der Waals surface area contributed by atoms with E-state index in [9.17, 15) is 14.7 Å². The van der Waals surface area contributed by atoms with Gasteiger partial charge in [0.2, 0.25) is 0 Å². The Balaban J connectivity index is 2.74. The highest BCUT2D eigenvalue weighted by atomic mass is 16.5. The summed E-state index contributed by atoms with van der Waals surface area (Å²) in [6.45, 7) is 3.01. The molecular weight excluding hydrogens is 228 g/mol. The second kappa shape index (κ2) is 5.44. The first kappa shape index (κ1) is 13.2. The largest absolute Gasteiger partial charge is 0.467 e. The topological polar surface area (TPSA) is 102 Å². The Morgan fingerprint density at radius 3 is 2.65 bits per heavy atom. The minimum atomic E-state index is -1.13. The van der Waals surface area contributed by atoms with Gasteiger partial charge in [-0.2, -0.15) is 0 Å². The van der Waals surface area contributed by atoms with E-state index in [0.29, 0.717) is 5.76 Å². The number of hydrogen-bond donors (Lipinski definition) is 2. The maximum atomic E-state index is 11.6. The van der Waals surface area contributed by atoms with Crippen molar-refractivity contribution < 1.29 is 24.0 Å². The summed E-state index contributed by atoms with van der Waals surface area (Å²) in [4.78, 5) is 22.9. The van der Waals surface area contributed by atoms with Crippen molar-refractivity contribution in [1.82, 2.24) is 10.5 Å². The van der Waals surface area contributed by atoms with Crippen LogP contribution in [0.4, 0.5) is 0 Å². The molecular formula is C10H14N2O5. The van der Waals surface area contributed by atoms with Gasteiger partial charge in [0.15, 0.2) is 11.7 Å². The Morgan fingerprint density at radius 1 is 1.59 bits per heavy atom. The molecule has 7 heteroatoms. The fraction of sp³-hybridized carbons (Fsp3) is 0.500. The van der Waals surface area contributed by atoms with Crippen LogP contribution >= 0.6 is 0 Å². The zero-order valence-corrected chi connectivity index (χ0v) is 9.76. The lowest BCUT2D eigenvalue weighted by Crippen LogP contribution is -2.48. The van der Waals surface area contributed by atoms with Crippen LogP contribution in [-0.2, 0) is 9.53 Å². The SMILES string of the molecule is COC(=O)[C@@H](NC(=O)c1cc(C)on1)[C@@H](C)O. The number of carbonyl (C=O) groups is 2. The van der Waals surface area contributed by atoms with E-state index in [2.05, 4.69) is 15.2 Å². The molecule has 94 valence electrons. The van der Waals surface area contributed by atoms with Crippen molar-refractivity contribution in [3.05, 3.63) is 17.5 Å². The Bertz CT molecular complexity index is 413. The predicted octanol–water partition coefficient (Wildman–Crippen LogP) is -0.365. The van der Waals surface area contributed by atoms with Crippen molar-refractivity contribution in [3.63, 3.8) is 0 Å². The summed E-state index contributed by atoms with van der Waals surface area (Å²) in [7, 11) is 1.17. The molecule has 1 rings (SSSR count). The number of aliphatic hydroxyl groups excluding tert-OH is 1. The summed E-state index contributed by atoms with van der Waals surface area (Å²) < 4.78 is 9.18. The van der Waals surface area contributed by atoms with E-state index in [1.54, 1.807) is 6.92 Å². The van der Waals surface area contributed by atoms with E-state index in [4.69, 9.17) is 4.52 Å². The van der Waals surface area contributed by atoms with Crippen molar-refractivity contribution in [2.75, 3.05) is 7.11 Å². The van der Waals surface area contributed by atoms with Gasteiger partial charge in [0.05, 0.1) is 13.2 Å². The first-order valence-corrected chi connectivity index (χ1v) is 4.95. The van der Waals surface area contributed by atoms with Gasteiger partial charge in [-0.15, -0.1) is 0 Å². The molecule has 1 heterocycles. The monoisotopic (exact) mass is 242 g/mol. The van der Waals surface area contributed by atoms with Gasteiger partial charge in [-0.1, -0.05) is 5.16 Å². The molecule has 0 aromatic carbocycles. The second-order valence-electron chi connectivity index (χ2n) is 3.54. The van der Waals surface area contributed by atoms with Crippen LogP contribution < -0.4 is 5.32 Å². The first-order chi connectivity index (χ1) is 7.95. The highest BCUT2D eigenvalue weighted by Crippen LogP contribution is 2.03. The van der Waals surface area contributed by atoms with Crippen molar-refractivity contribution >= 4 is 11.9 Å². The van der Waals surface area contributed by atoms with E-state index in [1.807, 2.05) is 0 Å². The van der Waals surface area contributed by atoms with Crippen LogP contribution in [0.25, 0.3) is 0 Å². The number of aryl methyl sites for hydroxylation is 1. The molecule has 0 saturated carbocycles. The van der Waals surface area contributed by atoms with Crippen LogP contribution in [0.5, 0.6) is 0 Å². The number of aromatic nitrogens is 1. The van der Waals surface area contributed by atoms with Gasteiger partial charge >= 0.3 is 5.97 Å². The maximum absolute atomic E-state index is 11.6. The first-order valence-electron chi connectivity index (χ1n) is 4.95. The molecule has 1 aromatic rings. The van der Waals surface area contributed by atoms with Crippen molar-refractivity contribution in [2.45, 2.75) is 26.0 Å². The molecule has 0 aliphatic carbocycles. The summed E-state index contributed by atoms with van der Waals surface area (Å²) in [5, 5.41) is 15.2. The fourth-order valence-corrected chi connectivity index (χ4v) is 1.19. The van der Waals surface area contributed by atoms with Crippen LogP contribution in [-0.4, -0.2) is 41.4 Å². The van der Waals surface area contributed by atoms with Crippen molar-refractivity contribution in [3.8, 4) is 0 Å². The second-order valence-corrected chi connectivity index (χ2v) is 3.54. The van der Waals surface area contributed by atoms with Crippen LogP contribution in [0.2, 0.25) is 0 Å². The zero-order chi connectivity index (χ0) is 13.0. The molecule has 0 saturated heterocycles. The number of amides is 1. The molecule has 0 unspecified atom stereocenters. The third-order valence-corrected chi connectivity index (χ3v) is 2.08. The van der Waals surface area contributed by atoms with Gasteiger partial charge in [0.25, 0.3) is 5.91 Å². The Hall–Kier alpha value is -1.89. The number of carbonyl (C=O) groups excluding carboxylic acids is 2. The average molecular weight is 242 g/mol. The number of nitrogens with one attached hydrogen (secondary N) is 1. The van der Waals surface area contributed by atoms with Crippen LogP contribution in [0.15, 0.2) is 10.6 Å². The summed E-state index contributed by atoms with van der Waals surface area (Å²) >= 11 is 0. The minimum Gasteiger partial charge on any atom is -0.467 e. The molecule has 0 radical (unpaired) electrons. The van der Waals surface area contributed by atoms with E-state index in [-0.39, 0.29) is 5.69 Å². The van der Waals surface area contributed by atoms with Gasteiger partial charge < -0.3 is 19.7 Å². The van der Waals surface area contributed by atoms with Crippen molar-refractivity contribution in [1.29, 1.82) is 0 Å². The lowest BCUT2D eigenvalue weighted by Gasteiger charge is -2.17. The van der Waals surface area contributed by atoms with Crippen LogP contribution in [0, 0.1) is 6.92 Å². The van der Waals surface area contributed by atoms with Gasteiger partial charge in [-0.3, -0.25) is 4.79 Å². The molecule has 1 aromatic heterocycles. The van der Waals surface area contributed by atoms with E-state index in [0.717, 1.165) is 0 Å². The van der Waals surface area contributed by atoms with E-state index >= 15 is 0 Å². The number of hydrogen-bond acceptors (Lipinski definition) is 6. The predicted molar refractivity (Wildman–Crippen MR) is 56.2 cm³/mol. The van der Waals surface area contributed by atoms with Gasteiger partial charge in [-0.05, 0) is 13.8 Å². The Morgan fingerprint density at radius 2 is 2.24 bits per heavy atom. The van der Waals surface area contributed by atoms with Crippen LogP contribution in [0.1, 0.15) is 23.2 Å². The van der Waals surface area contributed by atoms with Gasteiger partial charge in [-0.25, -0.2) is 4.79 Å². The minimum absolute atomic E-state index is 0.0389. The quantitative estimate of drug-likeness (QED) is 0.699. The number of ether oxygens (including phenoxy) is 1. The third-order valence-electron chi connectivity index (χ3n) is 2.08. The number of nitrogens with zero attached hydrogens (tertiary/aromatic N) is 1. The summed E-state index contributed by atoms with van der Waals surface area (Å²) in [5.41, 5.74) is 0.0389. The molecule has 17 heavy (non-hydrogen) atoms. The molecule has 1 amide bonds. The molecule has 0 aliphatic rings. The standard InChI is InChI=1S/C10H14N2O5/c1-5-4-7(12-17-5)9(14)11-8(6(2)13)10(15)16-3/h4,6,8,13H,1-3H3,(H,11,14)/t6-,8+/m1/s1. The summed E-state index contributed by atoms with van der Waals surface area (Å²) in [5.74, 6) is -0.867. The number of aliphatic hydroxyl groups is 1. The normalized spacial score (nSPS) is 13.9. The average Bonchev–Trinajstić information content (AvgIpc) is 2.71. The molecule has 2 atom stereocenters. The molecule has 0 fully saturated rings. The smallest absolute Gasteiger partial charge is 0.331 e. The zero-order valence-electron chi connectivity index (χ0n) is 9.76. The summed E-state index contributed by atoms with van der Waals surface area (Å²) in [6, 6.07) is 0.288. The highest BCUT2D eigenvalue weighted by molar-refractivity contribution is 5.95. The molecule has 0 bridgehead atoms. The summed E-state index contributed by atoms with van der Waals surface area (Å²) in [6.07, 6.45) is -1.07. The van der Waals surface area contributed by atoms with E-state index < -0.39 is 24.0 Å². The fourth-order valence-electron chi connectivity index (χ4n) is 1.19. The molecule has 2 N–H and O–H groups in total. The maximum Gasteiger partial charge on any atom is 0.331 e. The number of methoxy groups -OCH3 is 1. The molecule has 0 spiro atoms.